The third-order valence-corrected chi connectivity index (χ3v) is 3.39. The summed E-state index contributed by atoms with van der Waals surface area (Å²) in [5, 5.41) is 7.62. The van der Waals surface area contributed by atoms with Crippen LogP contribution >= 0.6 is 0 Å². The highest BCUT2D eigenvalue weighted by Gasteiger charge is 2.19. The van der Waals surface area contributed by atoms with Crippen molar-refractivity contribution in [2.45, 2.75) is 26.3 Å². The van der Waals surface area contributed by atoms with Crippen molar-refractivity contribution in [3.8, 4) is 0 Å². The van der Waals surface area contributed by atoms with Gasteiger partial charge in [-0.15, -0.1) is 0 Å². The summed E-state index contributed by atoms with van der Waals surface area (Å²) < 4.78 is 3.39. The van der Waals surface area contributed by atoms with E-state index in [1.54, 1.807) is 15.3 Å². The molecule has 0 radical (unpaired) electrons. The van der Waals surface area contributed by atoms with Crippen molar-refractivity contribution in [2.75, 3.05) is 13.1 Å². The molecule has 0 aromatic carbocycles. The first-order valence-corrected chi connectivity index (χ1v) is 6.50. The molecule has 1 aliphatic carbocycles. The molecule has 18 heavy (non-hydrogen) atoms. The molecule has 1 saturated carbocycles. The number of rotatable bonds is 5. The molecule has 96 valence electrons. The fraction of sp³-hybridized carbons (Fsp3) is 0.538. The highest BCUT2D eigenvalue weighted by molar-refractivity contribution is 5.44. The second kappa shape index (κ2) is 4.57. The van der Waals surface area contributed by atoms with E-state index in [0.29, 0.717) is 12.1 Å². The van der Waals surface area contributed by atoms with Crippen LogP contribution in [0.2, 0.25) is 0 Å². The van der Waals surface area contributed by atoms with Crippen LogP contribution in [-0.4, -0.2) is 27.3 Å². The number of hydrogen-bond donors (Lipinski definition) is 1. The van der Waals surface area contributed by atoms with E-state index in [1.165, 1.54) is 12.8 Å². The summed E-state index contributed by atoms with van der Waals surface area (Å²) in [6.45, 7) is 4.54. The van der Waals surface area contributed by atoms with Crippen molar-refractivity contribution in [1.29, 1.82) is 0 Å². The second-order valence-electron chi connectivity index (χ2n) is 5.06. The molecule has 2 aromatic heterocycles. The summed E-state index contributed by atoms with van der Waals surface area (Å²) in [7, 11) is 0. The van der Waals surface area contributed by atoms with Crippen LogP contribution in [0, 0.1) is 12.8 Å². The molecule has 2 heterocycles. The predicted molar refractivity (Wildman–Crippen MR) is 69.8 cm³/mol. The minimum absolute atomic E-state index is 0.0336. The minimum atomic E-state index is 0.0336. The average Bonchev–Trinajstić information content (AvgIpc) is 3.08. The lowest BCUT2D eigenvalue weighted by molar-refractivity contribution is 0.565. The van der Waals surface area contributed by atoms with E-state index in [0.717, 1.165) is 24.7 Å². The summed E-state index contributed by atoms with van der Waals surface area (Å²) in [6.07, 6.45) is 6.35. The van der Waals surface area contributed by atoms with Crippen LogP contribution in [-0.2, 0) is 6.54 Å². The summed E-state index contributed by atoms with van der Waals surface area (Å²) in [5.41, 5.74) is 1.56. The van der Waals surface area contributed by atoms with Crippen LogP contribution in [0.25, 0.3) is 5.52 Å². The molecule has 3 rings (SSSR count). The van der Waals surface area contributed by atoms with E-state index in [1.807, 2.05) is 19.2 Å². The number of aromatic nitrogens is 3. The monoisotopic (exact) mass is 246 g/mol. The molecule has 5 nitrogen and oxygen atoms in total. The van der Waals surface area contributed by atoms with Crippen LogP contribution < -0.4 is 10.9 Å². The Morgan fingerprint density at radius 3 is 3.06 bits per heavy atom. The van der Waals surface area contributed by atoms with E-state index in [2.05, 4.69) is 10.4 Å². The van der Waals surface area contributed by atoms with Crippen LogP contribution in [0.5, 0.6) is 0 Å². The van der Waals surface area contributed by atoms with Gasteiger partial charge in [-0.25, -0.2) is 4.52 Å². The summed E-state index contributed by atoms with van der Waals surface area (Å²) in [6, 6.07) is 1.83. The standard InChI is InChI=1S/C13H18N4O/c1-10-8-12-13(18)16(6-7-17(12)15-10)5-4-14-9-11-2-3-11/h6-8,11,14H,2-5,9H2,1H3. The maximum Gasteiger partial charge on any atom is 0.276 e. The van der Waals surface area contributed by atoms with Crippen molar-refractivity contribution in [3.63, 3.8) is 0 Å². The van der Waals surface area contributed by atoms with E-state index in [-0.39, 0.29) is 5.56 Å². The molecule has 5 heteroatoms. The van der Waals surface area contributed by atoms with E-state index >= 15 is 0 Å². The fourth-order valence-corrected chi connectivity index (χ4v) is 2.15. The van der Waals surface area contributed by atoms with Gasteiger partial charge in [0.05, 0.1) is 5.69 Å². The molecule has 1 aliphatic rings. The van der Waals surface area contributed by atoms with Gasteiger partial charge in [-0.2, -0.15) is 5.10 Å². The van der Waals surface area contributed by atoms with Gasteiger partial charge in [-0.05, 0) is 38.3 Å². The molecule has 0 unspecified atom stereocenters. The van der Waals surface area contributed by atoms with Crippen molar-refractivity contribution < 1.29 is 0 Å². The fourth-order valence-electron chi connectivity index (χ4n) is 2.15. The Hall–Kier alpha value is -1.62. The summed E-state index contributed by atoms with van der Waals surface area (Å²) in [5.74, 6) is 0.877. The van der Waals surface area contributed by atoms with E-state index in [9.17, 15) is 4.79 Å². The van der Waals surface area contributed by atoms with Gasteiger partial charge in [0.25, 0.3) is 5.56 Å². The normalized spacial score (nSPS) is 15.4. The lowest BCUT2D eigenvalue weighted by Crippen LogP contribution is -2.28. The minimum Gasteiger partial charge on any atom is -0.315 e. The Labute approximate surface area is 105 Å². The van der Waals surface area contributed by atoms with Gasteiger partial charge in [-0.3, -0.25) is 4.79 Å². The molecule has 1 fully saturated rings. The predicted octanol–water partition coefficient (Wildman–Crippen LogP) is 0.804. The van der Waals surface area contributed by atoms with Crippen molar-refractivity contribution in [1.82, 2.24) is 19.5 Å². The molecule has 1 N–H and O–H groups in total. The zero-order chi connectivity index (χ0) is 12.5. The topological polar surface area (TPSA) is 51.3 Å². The highest BCUT2D eigenvalue weighted by Crippen LogP contribution is 2.27. The molecule has 0 atom stereocenters. The Morgan fingerprint density at radius 1 is 1.44 bits per heavy atom. The van der Waals surface area contributed by atoms with Gasteiger partial charge in [0.2, 0.25) is 0 Å². The first kappa shape index (κ1) is 11.5. The lowest BCUT2D eigenvalue weighted by Gasteiger charge is -2.07. The molecule has 0 amide bonds. The molecule has 0 saturated heterocycles. The summed E-state index contributed by atoms with van der Waals surface area (Å²) in [4.78, 5) is 12.2. The number of nitrogens with zero attached hydrogens (tertiary/aromatic N) is 3. The van der Waals surface area contributed by atoms with Gasteiger partial charge in [0.1, 0.15) is 5.52 Å². The Kier molecular flexibility index (Phi) is 2.91. The molecule has 0 bridgehead atoms. The van der Waals surface area contributed by atoms with Crippen molar-refractivity contribution in [2.24, 2.45) is 5.92 Å². The third-order valence-electron chi connectivity index (χ3n) is 3.39. The van der Waals surface area contributed by atoms with Gasteiger partial charge >= 0.3 is 0 Å². The average molecular weight is 246 g/mol. The Bertz CT molecular complexity index is 609. The van der Waals surface area contributed by atoms with Crippen LogP contribution in [0.1, 0.15) is 18.5 Å². The zero-order valence-electron chi connectivity index (χ0n) is 10.6. The van der Waals surface area contributed by atoms with Gasteiger partial charge < -0.3 is 9.88 Å². The highest BCUT2D eigenvalue weighted by atomic mass is 16.1. The van der Waals surface area contributed by atoms with Crippen molar-refractivity contribution in [3.05, 3.63) is 34.5 Å². The first-order chi connectivity index (χ1) is 8.74. The largest absolute Gasteiger partial charge is 0.315 e. The number of nitrogens with one attached hydrogen (secondary N) is 1. The zero-order valence-corrected chi connectivity index (χ0v) is 10.6. The second-order valence-corrected chi connectivity index (χ2v) is 5.06. The Morgan fingerprint density at radius 2 is 2.28 bits per heavy atom. The quantitative estimate of drug-likeness (QED) is 0.794. The Balaban J connectivity index is 1.70. The third kappa shape index (κ3) is 2.31. The molecule has 2 aromatic rings. The number of aryl methyl sites for hydroxylation is 1. The molecular weight excluding hydrogens is 228 g/mol. The van der Waals surface area contributed by atoms with Gasteiger partial charge in [-0.1, -0.05) is 0 Å². The molecular formula is C13H18N4O. The lowest BCUT2D eigenvalue weighted by atomic mass is 10.4. The van der Waals surface area contributed by atoms with Crippen LogP contribution in [0.3, 0.4) is 0 Å². The van der Waals surface area contributed by atoms with Gasteiger partial charge in [0, 0.05) is 25.5 Å². The maximum atomic E-state index is 12.2. The molecule has 0 aliphatic heterocycles. The van der Waals surface area contributed by atoms with E-state index in [4.69, 9.17) is 0 Å². The first-order valence-electron chi connectivity index (χ1n) is 6.50. The SMILES string of the molecule is Cc1cc2c(=O)n(CCNCC3CC3)ccn2n1. The van der Waals surface area contributed by atoms with Crippen molar-refractivity contribution >= 4 is 5.52 Å². The van der Waals surface area contributed by atoms with E-state index < -0.39 is 0 Å². The van der Waals surface area contributed by atoms with Gasteiger partial charge in [0.15, 0.2) is 0 Å². The molecule has 0 spiro atoms. The maximum absolute atomic E-state index is 12.2. The van der Waals surface area contributed by atoms with Crippen LogP contribution in [0.4, 0.5) is 0 Å². The number of hydrogen-bond acceptors (Lipinski definition) is 3. The number of fused-ring (bicyclic) bond motifs is 1. The summed E-state index contributed by atoms with van der Waals surface area (Å²) >= 11 is 0. The van der Waals surface area contributed by atoms with Crippen LogP contribution in [0.15, 0.2) is 23.3 Å². The smallest absolute Gasteiger partial charge is 0.276 e.